The number of nitrogens with zero attached hydrogens (tertiary/aromatic N) is 2. The van der Waals surface area contributed by atoms with Gasteiger partial charge in [-0.25, -0.2) is 4.39 Å². The van der Waals surface area contributed by atoms with Gasteiger partial charge in [0, 0.05) is 30.8 Å². The van der Waals surface area contributed by atoms with Crippen LogP contribution < -0.4 is 5.32 Å². The Hall–Kier alpha value is -1.68. The predicted molar refractivity (Wildman–Crippen MR) is 83.7 cm³/mol. The third-order valence-corrected chi connectivity index (χ3v) is 3.80. The lowest BCUT2D eigenvalue weighted by Crippen LogP contribution is -2.23. The zero-order valence-electron chi connectivity index (χ0n) is 13.3. The van der Waals surface area contributed by atoms with Crippen LogP contribution in [0, 0.1) is 5.82 Å². The summed E-state index contributed by atoms with van der Waals surface area (Å²) in [6.07, 6.45) is 3.17. The van der Waals surface area contributed by atoms with Crippen molar-refractivity contribution in [2.75, 3.05) is 6.54 Å². The Kier molecular flexibility index (Phi) is 4.78. The van der Waals surface area contributed by atoms with Gasteiger partial charge >= 0.3 is 0 Å². The molecule has 0 unspecified atom stereocenters. The Morgan fingerprint density at radius 1 is 1.24 bits per heavy atom. The summed E-state index contributed by atoms with van der Waals surface area (Å²) in [6.45, 7) is 8.21. The lowest BCUT2D eigenvalue weighted by atomic mass is 9.80. The summed E-state index contributed by atoms with van der Waals surface area (Å²) in [5.41, 5.74) is 3.05. The monoisotopic (exact) mass is 289 g/mol. The van der Waals surface area contributed by atoms with Gasteiger partial charge in [0.1, 0.15) is 5.82 Å². The molecular weight excluding hydrogens is 265 g/mol. The van der Waals surface area contributed by atoms with Gasteiger partial charge < -0.3 is 5.32 Å². The van der Waals surface area contributed by atoms with Crippen LogP contribution >= 0.6 is 0 Å². The minimum absolute atomic E-state index is 0.208. The van der Waals surface area contributed by atoms with Crippen LogP contribution in [0.25, 0.3) is 0 Å². The summed E-state index contributed by atoms with van der Waals surface area (Å²) >= 11 is 0. The van der Waals surface area contributed by atoms with Crippen molar-refractivity contribution in [3.8, 4) is 0 Å². The van der Waals surface area contributed by atoms with Gasteiger partial charge in [-0.2, -0.15) is 5.10 Å². The Morgan fingerprint density at radius 2 is 1.90 bits per heavy atom. The van der Waals surface area contributed by atoms with Gasteiger partial charge in [-0.05, 0) is 30.7 Å². The molecule has 0 amide bonds. The van der Waals surface area contributed by atoms with Crippen molar-refractivity contribution < 1.29 is 4.39 Å². The maximum Gasteiger partial charge on any atom is 0.123 e. The standard InChI is InChI=1S/C17H24FN3/c1-5-10-19-11-13-12-21(4)20-16(13)17(2,3)14-6-8-15(18)9-7-14/h6-9,12,19H,5,10-11H2,1-4H3. The average molecular weight is 289 g/mol. The number of nitrogens with one attached hydrogen (secondary N) is 1. The van der Waals surface area contributed by atoms with Crippen molar-refractivity contribution in [1.29, 1.82) is 0 Å². The van der Waals surface area contributed by atoms with Gasteiger partial charge in [0.25, 0.3) is 0 Å². The zero-order chi connectivity index (χ0) is 15.5. The second kappa shape index (κ2) is 6.39. The van der Waals surface area contributed by atoms with Crippen molar-refractivity contribution in [2.24, 2.45) is 7.05 Å². The van der Waals surface area contributed by atoms with Crippen molar-refractivity contribution >= 4 is 0 Å². The van der Waals surface area contributed by atoms with Crippen LogP contribution in [0.15, 0.2) is 30.5 Å². The summed E-state index contributed by atoms with van der Waals surface area (Å²) in [5, 5.41) is 8.07. The van der Waals surface area contributed by atoms with Gasteiger partial charge in [-0.3, -0.25) is 4.68 Å². The smallest absolute Gasteiger partial charge is 0.123 e. The number of rotatable bonds is 6. The fourth-order valence-corrected chi connectivity index (χ4v) is 2.60. The number of aryl methyl sites for hydroxylation is 1. The lowest BCUT2D eigenvalue weighted by molar-refractivity contribution is 0.576. The van der Waals surface area contributed by atoms with Gasteiger partial charge in [0.05, 0.1) is 5.69 Å². The molecule has 0 saturated heterocycles. The van der Waals surface area contributed by atoms with Gasteiger partial charge in [-0.15, -0.1) is 0 Å². The molecule has 0 spiro atoms. The topological polar surface area (TPSA) is 29.9 Å². The third kappa shape index (κ3) is 3.50. The molecule has 0 bridgehead atoms. The molecule has 1 aromatic carbocycles. The highest BCUT2D eigenvalue weighted by molar-refractivity contribution is 5.37. The minimum Gasteiger partial charge on any atom is -0.313 e. The Labute approximate surface area is 126 Å². The fourth-order valence-electron chi connectivity index (χ4n) is 2.60. The molecule has 0 fully saturated rings. The largest absolute Gasteiger partial charge is 0.313 e. The molecular formula is C17H24FN3. The SMILES string of the molecule is CCCNCc1cn(C)nc1C(C)(C)c1ccc(F)cc1. The molecule has 4 heteroatoms. The Balaban J connectivity index is 2.32. The maximum absolute atomic E-state index is 13.1. The van der Waals surface area contributed by atoms with E-state index in [2.05, 4.69) is 37.4 Å². The number of hydrogen-bond acceptors (Lipinski definition) is 2. The van der Waals surface area contributed by atoms with E-state index in [0.717, 1.165) is 30.8 Å². The highest BCUT2D eigenvalue weighted by atomic mass is 19.1. The molecule has 2 rings (SSSR count). The van der Waals surface area contributed by atoms with Gasteiger partial charge in [0.15, 0.2) is 0 Å². The van der Waals surface area contributed by atoms with E-state index in [0.29, 0.717) is 0 Å². The van der Waals surface area contributed by atoms with Crippen LogP contribution in [0.1, 0.15) is 44.0 Å². The van der Waals surface area contributed by atoms with Crippen molar-refractivity contribution in [3.63, 3.8) is 0 Å². The number of hydrogen-bond donors (Lipinski definition) is 1. The first kappa shape index (κ1) is 15.7. The molecule has 1 aromatic heterocycles. The van der Waals surface area contributed by atoms with Crippen LogP contribution in [0.5, 0.6) is 0 Å². The number of benzene rings is 1. The maximum atomic E-state index is 13.1. The van der Waals surface area contributed by atoms with Crippen LogP contribution in [0.3, 0.4) is 0 Å². The first-order valence-electron chi connectivity index (χ1n) is 7.45. The number of halogens is 1. The molecule has 0 aliphatic carbocycles. The molecule has 1 N–H and O–H groups in total. The van der Waals surface area contributed by atoms with E-state index in [1.165, 1.54) is 17.7 Å². The first-order chi connectivity index (χ1) is 9.95. The normalized spacial score (nSPS) is 11.9. The second-order valence-electron chi connectivity index (χ2n) is 5.99. The van der Waals surface area contributed by atoms with E-state index in [1.54, 1.807) is 0 Å². The quantitative estimate of drug-likeness (QED) is 0.826. The van der Waals surface area contributed by atoms with E-state index >= 15 is 0 Å². The van der Waals surface area contributed by atoms with Crippen molar-refractivity contribution in [3.05, 3.63) is 53.1 Å². The second-order valence-corrected chi connectivity index (χ2v) is 5.99. The fraction of sp³-hybridized carbons (Fsp3) is 0.471. The third-order valence-electron chi connectivity index (χ3n) is 3.80. The lowest BCUT2D eigenvalue weighted by Gasteiger charge is -2.25. The molecule has 0 aliphatic heterocycles. The highest BCUT2D eigenvalue weighted by Crippen LogP contribution is 2.32. The molecule has 0 atom stereocenters. The molecule has 3 nitrogen and oxygen atoms in total. The molecule has 2 aromatic rings. The van der Waals surface area contributed by atoms with E-state index in [-0.39, 0.29) is 11.2 Å². The van der Waals surface area contributed by atoms with Crippen LogP contribution in [0.2, 0.25) is 0 Å². The van der Waals surface area contributed by atoms with Crippen molar-refractivity contribution in [2.45, 2.75) is 39.2 Å². The van der Waals surface area contributed by atoms with Gasteiger partial charge in [0.2, 0.25) is 0 Å². The average Bonchev–Trinajstić information content (AvgIpc) is 2.81. The van der Waals surface area contributed by atoms with Crippen molar-refractivity contribution in [1.82, 2.24) is 15.1 Å². The summed E-state index contributed by atoms with van der Waals surface area (Å²) in [5.74, 6) is -0.208. The Morgan fingerprint density at radius 3 is 2.52 bits per heavy atom. The summed E-state index contributed by atoms with van der Waals surface area (Å²) in [4.78, 5) is 0. The summed E-state index contributed by atoms with van der Waals surface area (Å²) in [7, 11) is 1.94. The highest BCUT2D eigenvalue weighted by Gasteiger charge is 2.28. The molecule has 0 saturated carbocycles. The van der Waals surface area contributed by atoms with Crippen LogP contribution in [-0.4, -0.2) is 16.3 Å². The first-order valence-corrected chi connectivity index (χ1v) is 7.45. The van der Waals surface area contributed by atoms with Crippen LogP contribution in [0.4, 0.5) is 4.39 Å². The molecule has 21 heavy (non-hydrogen) atoms. The molecule has 0 radical (unpaired) electrons. The summed E-state index contributed by atoms with van der Waals surface area (Å²) < 4.78 is 15.0. The predicted octanol–water partition coefficient (Wildman–Crippen LogP) is 3.38. The van der Waals surface area contributed by atoms with E-state index in [4.69, 9.17) is 0 Å². The molecule has 0 aliphatic rings. The van der Waals surface area contributed by atoms with Crippen LogP contribution in [-0.2, 0) is 19.0 Å². The van der Waals surface area contributed by atoms with E-state index < -0.39 is 0 Å². The summed E-state index contributed by atoms with van der Waals surface area (Å²) in [6, 6.07) is 6.70. The molecule has 1 heterocycles. The zero-order valence-corrected chi connectivity index (χ0v) is 13.3. The minimum atomic E-state index is -0.252. The number of aromatic nitrogens is 2. The van der Waals surface area contributed by atoms with E-state index in [1.807, 2.05) is 23.9 Å². The van der Waals surface area contributed by atoms with E-state index in [9.17, 15) is 4.39 Å². The molecule has 114 valence electrons. The Bertz CT molecular complexity index is 585. The van der Waals surface area contributed by atoms with Gasteiger partial charge in [-0.1, -0.05) is 32.9 Å².